The number of unbranched alkanes of at least 4 members (excludes halogenated alkanes) is 11. The lowest BCUT2D eigenvalue weighted by Gasteiger charge is -2.01. The first-order chi connectivity index (χ1) is 8.91. The first-order valence-electron chi connectivity index (χ1n) is 7.50. The van der Waals surface area contributed by atoms with Gasteiger partial charge in [0.1, 0.15) is 0 Å². The zero-order valence-corrected chi connectivity index (χ0v) is 12.6. The average molecular weight is 267 g/mol. The third-order valence-electron chi connectivity index (χ3n) is 3.10. The Balaban J connectivity index is 3.03. The summed E-state index contributed by atoms with van der Waals surface area (Å²) in [6.45, 7) is 2.27. The zero-order valence-electron chi connectivity index (χ0n) is 11.9. The Morgan fingerprint density at radius 2 is 1.17 bits per heavy atom. The van der Waals surface area contributed by atoms with Crippen molar-refractivity contribution in [2.24, 2.45) is 0 Å². The maximum Gasteiger partial charge on any atom is 0.0184 e. The minimum atomic E-state index is 0.961. The molecule has 0 saturated carbocycles. The molecule has 0 nitrogen and oxygen atoms in total. The van der Waals surface area contributed by atoms with Crippen LogP contribution in [-0.2, 0) is 0 Å². The van der Waals surface area contributed by atoms with Gasteiger partial charge >= 0.3 is 0 Å². The number of hydrogen-bond donors (Lipinski definition) is 0. The Morgan fingerprint density at radius 1 is 0.667 bits per heavy atom. The van der Waals surface area contributed by atoms with Crippen LogP contribution in [0.1, 0.15) is 84.0 Å². The normalized spacial score (nSPS) is 9.22. The van der Waals surface area contributed by atoms with Crippen molar-refractivity contribution in [1.82, 2.24) is 0 Å². The molecule has 0 N–H and O–H groups in total. The topological polar surface area (TPSA) is 0 Å². The number of rotatable bonds is 11. The molecule has 0 spiro atoms. The predicted octanol–water partition coefficient (Wildman–Crippen LogP) is 5.89. The second-order valence-electron chi connectivity index (χ2n) is 4.81. The summed E-state index contributed by atoms with van der Waals surface area (Å²) < 4.78 is 0. The molecule has 0 aromatic heterocycles. The lowest BCUT2D eigenvalue weighted by molar-refractivity contribution is 0.551. The monoisotopic (exact) mass is 266 g/mol. The fraction of sp³-hybridized carbons (Fsp3) is 0.765. The Kier molecular flexibility index (Phi) is 15.9. The molecule has 1 heteroatoms. The van der Waals surface area contributed by atoms with Gasteiger partial charge in [0.05, 0.1) is 0 Å². The quantitative estimate of drug-likeness (QED) is 0.323. The molecule has 0 aromatic rings. The standard InChI is InChI=1S/C17H27Cl/c1-2-3-4-5-6-7-8-9-10-11-12-13-14-15-16-17-18/h2-13H2,1H3. The van der Waals surface area contributed by atoms with Crippen LogP contribution in [0, 0.1) is 23.1 Å². The van der Waals surface area contributed by atoms with Crippen LogP contribution in [0.25, 0.3) is 0 Å². The summed E-state index contributed by atoms with van der Waals surface area (Å²) in [5.41, 5.74) is 0. The van der Waals surface area contributed by atoms with Crippen molar-refractivity contribution in [2.75, 3.05) is 0 Å². The Labute approximate surface area is 119 Å². The number of hydrogen-bond acceptors (Lipinski definition) is 0. The van der Waals surface area contributed by atoms with Gasteiger partial charge in [-0.15, -0.1) is 0 Å². The van der Waals surface area contributed by atoms with E-state index in [9.17, 15) is 0 Å². The van der Waals surface area contributed by atoms with Crippen LogP contribution in [0.4, 0.5) is 0 Å². The highest BCUT2D eigenvalue weighted by Gasteiger charge is 1.92. The van der Waals surface area contributed by atoms with Gasteiger partial charge < -0.3 is 0 Å². The second-order valence-corrected chi connectivity index (χ2v) is 5.00. The lowest BCUT2D eigenvalue weighted by Crippen LogP contribution is -1.82. The highest BCUT2D eigenvalue weighted by molar-refractivity contribution is 6.30. The molecule has 0 aromatic carbocycles. The zero-order chi connectivity index (χ0) is 13.3. The summed E-state index contributed by atoms with van der Waals surface area (Å²) in [6.07, 6.45) is 16.1. The van der Waals surface area contributed by atoms with Crippen LogP contribution >= 0.6 is 11.6 Å². The first-order valence-corrected chi connectivity index (χ1v) is 7.88. The van der Waals surface area contributed by atoms with Crippen molar-refractivity contribution < 1.29 is 0 Å². The van der Waals surface area contributed by atoms with Crippen LogP contribution in [-0.4, -0.2) is 0 Å². The molecule has 0 amide bonds. The average Bonchev–Trinajstić information content (AvgIpc) is 2.39. The second kappa shape index (κ2) is 16.4. The van der Waals surface area contributed by atoms with E-state index in [1.807, 2.05) is 0 Å². The molecular formula is C17H27Cl. The van der Waals surface area contributed by atoms with Gasteiger partial charge in [-0.25, -0.2) is 0 Å². The highest BCUT2D eigenvalue weighted by atomic mass is 35.5. The lowest BCUT2D eigenvalue weighted by atomic mass is 10.1. The van der Waals surface area contributed by atoms with Gasteiger partial charge in [-0.3, -0.25) is 0 Å². The van der Waals surface area contributed by atoms with Crippen LogP contribution < -0.4 is 0 Å². The summed E-state index contributed by atoms with van der Waals surface area (Å²) in [5.74, 6) is 8.28. The molecule has 0 bridgehead atoms. The van der Waals surface area contributed by atoms with Gasteiger partial charge in [-0.1, -0.05) is 77.1 Å². The largest absolute Gasteiger partial charge is 0.0891 e. The van der Waals surface area contributed by atoms with Crippen molar-refractivity contribution in [3.63, 3.8) is 0 Å². The van der Waals surface area contributed by atoms with Crippen molar-refractivity contribution >= 4 is 11.6 Å². The van der Waals surface area contributed by atoms with Crippen molar-refractivity contribution in [2.45, 2.75) is 84.0 Å². The molecule has 0 aliphatic rings. The van der Waals surface area contributed by atoms with E-state index in [1.165, 1.54) is 70.6 Å². The fourth-order valence-corrected chi connectivity index (χ4v) is 2.06. The van der Waals surface area contributed by atoms with Gasteiger partial charge in [0.2, 0.25) is 0 Å². The smallest absolute Gasteiger partial charge is 0.0184 e. The van der Waals surface area contributed by atoms with Gasteiger partial charge in [0, 0.05) is 17.7 Å². The molecule has 0 saturated heterocycles. The van der Waals surface area contributed by atoms with E-state index in [0.29, 0.717) is 0 Å². The molecule has 0 aliphatic heterocycles. The Bertz CT molecular complexity index is 271. The van der Waals surface area contributed by atoms with E-state index in [-0.39, 0.29) is 0 Å². The van der Waals surface area contributed by atoms with Gasteiger partial charge in [-0.2, -0.15) is 0 Å². The van der Waals surface area contributed by atoms with Crippen LogP contribution in [0.3, 0.4) is 0 Å². The summed E-state index contributed by atoms with van der Waals surface area (Å²) in [5, 5.41) is 2.26. The Hall–Kier alpha value is -0.590. The number of halogens is 1. The van der Waals surface area contributed by atoms with Crippen LogP contribution in [0.15, 0.2) is 0 Å². The van der Waals surface area contributed by atoms with E-state index in [1.54, 1.807) is 0 Å². The predicted molar refractivity (Wildman–Crippen MR) is 82.5 cm³/mol. The molecule has 102 valence electrons. The summed E-state index contributed by atoms with van der Waals surface area (Å²) in [4.78, 5) is 0. The van der Waals surface area contributed by atoms with E-state index in [0.717, 1.165) is 6.42 Å². The first kappa shape index (κ1) is 17.4. The maximum absolute atomic E-state index is 5.19. The van der Waals surface area contributed by atoms with Gasteiger partial charge in [-0.05, 0) is 23.9 Å². The minimum Gasteiger partial charge on any atom is -0.0891 e. The van der Waals surface area contributed by atoms with Crippen molar-refractivity contribution in [1.29, 1.82) is 0 Å². The SMILES string of the molecule is CCCCCCCCCCCCCC#CC#CCl. The summed E-state index contributed by atoms with van der Waals surface area (Å²) >= 11 is 5.19. The maximum atomic E-state index is 5.19. The molecule has 0 atom stereocenters. The molecule has 0 unspecified atom stereocenters. The van der Waals surface area contributed by atoms with Crippen LogP contribution in [0.5, 0.6) is 0 Å². The van der Waals surface area contributed by atoms with Gasteiger partial charge in [0.25, 0.3) is 0 Å². The molecule has 0 rings (SSSR count). The van der Waals surface area contributed by atoms with E-state index < -0.39 is 0 Å². The Morgan fingerprint density at radius 3 is 1.67 bits per heavy atom. The fourth-order valence-electron chi connectivity index (χ4n) is 2.01. The van der Waals surface area contributed by atoms with E-state index in [2.05, 4.69) is 30.1 Å². The molecule has 0 fully saturated rings. The molecule has 0 aliphatic carbocycles. The third-order valence-corrected chi connectivity index (χ3v) is 3.20. The highest BCUT2D eigenvalue weighted by Crippen LogP contribution is 2.11. The van der Waals surface area contributed by atoms with Gasteiger partial charge in [0.15, 0.2) is 0 Å². The third kappa shape index (κ3) is 15.4. The molecule has 0 heterocycles. The minimum absolute atomic E-state index is 0.961. The van der Waals surface area contributed by atoms with Crippen molar-refractivity contribution in [3.8, 4) is 23.1 Å². The van der Waals surface area contributed by atoms with E-state index in [4.69, 9.17) is 11.6 Å². The summed E-state index contributed by atoms with van der Waals surface area (Å²) in [7, 11) is 0. The molecular weight excluding hydrogens is 240 g/mol. The van der Waals surface area contributed by atoms with Crippen molar-refractivity contribution in [3.05, 3.63) is 0 Å². The van der Waals surface area contributed by atoms with E-state index >= 15 is 0 Å². The summed E-state index contributed by atoms with van der Waals surface area (Å²) in [6, 6.07) is 0. The van der Waals surface area contributed by atoms with Crippen LogP contribution in [0.2, 0.25) is 0 Å². The molecule has 18 heavy (non-hydrogen) atoms. The molecule has 0 radical (unpaired) electrons.